The second-order valence-corrected chi connectivity index (χ2v) is 7.71. The third-order valence-corrected chi connectivity index (χ3v) is 6.02. The minimum Gasteiger partial charge on any atom is -0.506 e. The van der Waals surface area contributed by atoms with Crippen molar-refractivity contribution < 1.29 is 14.7 Å². The predicted octanol–water partition coefficient (Wildman–Crippen LogP) is 2.36. The minimum absolute atomic E-state index is 0.0624. The lowest BCUT2D eigenvalue weighted by Gasteiger charge is -2.16. The summed E-state index contributed by atoms with van der Waals surface area (Å²) in [7, 11) is 0. The van der Waals surface area contributed by atoms with Crippen molar-refractivity contribution in [3.8, 4) is 5.75 Å². The van der Waals surface area contributed by atoms with E-state index in [-0.39, 0.29) is 29.8 Å². The molecule has 130 valence electrons. The Morgan fingerprint density at radius 3 is 3.04 bits per heavy atom. The molecule has 2 aliphatic rings. The molecule has 0 aliphatic carbocycles. The van der Waals surface area contributed by atoms with E-state index < -0.39 is 0 Å². The van der Waals surface area contributed by atoms with Crippen molar-refractivity contribution >= 4 is 29.4 Å². The monoisotopic (exact) mass is 349 g/mol. The van der Waals surface area contributed by atoms with Crippen molar-refractivity contribution in [1.29, 1.82) is 0 Å². The summed E-state index contributed by atoms with van der Waals surface area (Å²) < 4.78 is 0. The van der Waals surface area contributed by atoms with Gasteiger partial charge in [0.15, 0.2) is 0 Å². The molecule has 7 heteroatoms. The number of nitrogens with one attached hydrogen (secondary N) is 3. The first kappa shape index (κ1) is 17.0. The maximum atomic E-state index is 12.0. The fraction of sp³-hybridized carbons (Fsp3) is 0.529. The number of hydrogen-bond donors (Lipinski definition) is 4. The van der Waals surface area contributed by atoms with Crippen LogP contribution < -0.4 is 16.0 Å². The van der Waals surface area contributed by atoms with Gasteiger partial charge in [-0.05, 0) is 37.5 Å². The highest BCUT2D eigenvalue weighted by atomic mass is 32.2. The minimum atomic E-state index is -0.0799. The van der Waals surface area contributed by atoms with E-state index in [0.717, 1.165) is 30.6 Å². The quantitative estimate of drug-likeness (QED) is 0.360. The molecule has 1 aromatic carbocycles. The highest BCUT2D eigenvalue weighted by Gasteiger charge is 2.42. The van der Waals surface area contributed by atoms with Gasteiger partial charge in [0.1, 0.15) is 5.75 Å². The Hall–Kier alpha value is -1.89. The number of amides is 3. The van der Waals surface area contributed by atoms with Gasteiger partial charge in [-0.25, -0.2) is 4.79 Å². The Morgan fingerprint density at radius 2 is 2.21 bits per heavy atom. The molecule has 3 atom stereocenters. The van der Waals surface area contributed by atoms with Crippen molar-refractivity contribution in [2.75, 3.05) is 11.1 Å². The zero-order chi connectivity index (χ0) is 17.1. The van der Waals surface area contributed by atoms with Crippen LogP contribution in [0.2, 0.25) is 0 Å². The standard InChI is InChI=1S/C17H23N3O3S/c1-10-6-7-13(21)11(8-10)18-15(22)5-3-2-4-14-16-12(9-24-14)19-17(23)20-16/h6-8,12,14,16,21H,2-5,9H2,1H3,(H,18,22)(H2,19,20,23)/t12-,14-,16-/m0/s1. The highest BCUT2D eigenvalue weighted by molar-refractivity contribution is 8.00. The van der Waals surface area contributed by atoms with Crippen LogP contribution in [0.3, 0.4) is 0 Å². The molecule has 3 amide bonds. The molecule has 6 nitrogen and oxygen atoms in total. The molecule has 0 spiro atoms. The molecule has 2 heterocycles. The average Bonchev–Trinajstić information content (AvgIpc) is 3.07. The molecule has 1 aromatic rings. The first-order valence-corrected chi connectivity index (χ1v) is 9.36. The summed E-state index contributed by atoms with van der Waals surface area (Å²) in [4.78, 5) is 23.3. The number of phenols is 1. The van der Waals surface area contributed by atoms with Crippen LogP contribution in [0.15, 0.2) is 18.2 Å². The molecular formula is C17H23N3O3S. The molecule has 4 N–H and O–H groups in total. The summed E-state index contributed by atoms with van der Waals surface area (Å²) >= 11 is 1.89. The van der Waals surface area contributed by atoms with E-state index >= 15 is 0 Å². The third-order valence-electron chi connectivity index (χ3n) is 4.51. The van der Waals surface area contributed by atoms with Gasteiger partial charge in [-0.15, -0.1) is 0 Å². The lowest BCUT2D eigenvalue weighted by atomic mass is 10.0. The van der Waals surface area contributed by atoms with Crippen LogP contribution in [-0.4, -0.2) is 40.1 Å². The number of anilines is 1. The van der Waals surface area contributed by atoms with Crippen molar-refractivity contribution in [2.24, 2.45) is 0 Å². The van der Waals surface area contributed by atoms with E-state index in [4.69, 9.17) is 0 Å². The number of carbonyl (C=O) groups excluding carboxylic acids is 2. The van der Waals surface area contributed by atoms with Crippen LogP contribution in [0, 0.1) is 6.92 Å². The van der Waals surface area contributed by atoms with E-state index in [1.54, 1.807) is 18.2 Å². The molecular weight excluding hydrogens is 326 g/mol. The fourth-order valence-electron chi connectivity index (χ4n) is 3.24. The van der Waals surface area contributed by atoms with Crippen LogP contribution in [0.4, 0.5) is 10.5 Å². The Balaban J connectivity index is 1.38. The maximum Gasteiger partial charge on any atom is 0.315 e. The second kappa shape index (κ2) is 7.34. The Bertz CT molecular complexity index is 638. The number of phenolic OH excluding ortho intramolecular Hbond substituents is 1. The lowest BCUT2D eigenvalue weighted by molar-refractivity contribution is -0.116. The third kappa shape index (κ3) is 3.95. The second-order valence-electron chi connectivity index (χ2n) is 6.44. The molecule has 0 radical (unpaired) electrons. The SMILES string of the molecule is Cc1ccc(O)c(NC(=O)CCCC[C@@H]2SC[C@@H]3NC(=O)N[C@@H]32)c1. The van der Waals surface area contributed by atoms with Gasteiger partial charge >= 0.3 is 6.03 Å². The molecule has 3 rings (SSSR count). The van der Waals surface area contributed by atoms with Crippen LogP contribution in [-0.2, 0) is 4.79 Å². The van der Waals surface area contributed by atoms with Gasteiger partial charge < -0.3 is 21.1 Å². The van der Waals surface area contributed by atoms with Gasteiger partial charge in [-0.1, -0.05) is 12.5 Å². The highest BCUT2D eigenvalue weighted by Crippen LogP contribution is 2.33. The number of carbonyl (C=O) groups is 2. The van der Waals surface area contributed by atoms with E-state index in [1.807, 2.05) is 18.7 Å². The van der Waals surface area contributed by atoms with Gasteiger partial charge in [-0.2, -0.15) is 11.8 Å². The van der Waals surface area contributed by atoms with Crippen LogP contribution in [0.1, 0.15) is 31.2 Å². The maximum absolute atomic E-state index is 12.0. The number of hydrogen-bond acceptors (Lipinski definition) is 4. The number of unbranched alkanes of at least 4 members (excludes halogenated alkanes) is 1. The van der Waals surface area contributed by atoms with Gasteiger partial charge in [0.25, 0.3) is 0 Å². The van der Waals surface area contributed by atoms with E-state index in [9.17, 15) is 14.7 Å². The molecule has 2 aliphatic heterocycles. The summed E-state index contributed by atoms with van der Waals surface area (Å²) in [5, 5.41) is 18.9. The summed E-state index contributed by atoms with van der Waals surface area (Å²) in [6, 6.07) is 5.56. The first-order valence-electron chi connectivity index (χ1n) is 8.31. The average molecular weight is 349 g/mol. The smallest absolute Gasteiger partial charge is 0.315 e. The molecule has 0 saturated carbocycles. The van der Waals surface area contributed by atoms with Gasteiger partial charge in [0.2, 0.25) is 5.91 Å². The predicted molar refractivity (Wildman–Crippen MR) is 95.4 cm³/mol. The number of fused-ring (bicyclic) bond motifs is 1. The Labute approximate surface area is 145 Å². The van der Waals surface area contributed by atoms with Crippen LogP contribution in [0.25, 0.3) is 0 Å². The largest absolute Gasteiger partial charge is 0.506 e. The van der Waals surface area contributed by atoms with E-state index in [0.29, 0.717) is 17.4 Å². The van der Waals surface area contributed by atoms with Crippen LogP contribution in [0.5, 0.6) is 5.75 Å². The summed E-state index contributed by atoms with van der Waals surface area (Å²) in [6.45, 7) is 1.91. The van der Waals surface area contributed by atoms with E-state index in [2.05, 4.69) is 16.0 Å². The van der Waals surface area contributed by atoms with Crippen LogP contribution >= 0.6 is 11.8 Å². The normalized spacial score (nSPS) is 25.0. The van der Waals surface area contributed by atoms with Gasteiger partial charge in [-0.3, -0.25) is 4.79 Å². The van der Waals surface area contributed by atoms with Crippen molar-refractivity contribution in [3.05, 3.63) is 23.8 Å². The number of thioether (sulfide) groups is 1. The number of aromatic hydroxyl groups is 1. The molecule has 0 unspecified atom stereocenters. The summed E-state index contributed by atoms with van der Waals surface area (Å²) in [5.41, 5.74) is 1.46. The van der Waals surface area contributed by atoms with Crippen molar-refractivity contribution in [1.82, 2.24) is 10.6 Å². The fourth-order valence-corrected chi connectivity index (χ4v) is 4.78. The molecule has 2 saturated heterocycles. The number of benzene rings is 1. The molecule has 0 aromatic heterocycles. The Morgan fingerprint density at radius 1 is 1.38 bits per heavy atom. The Kier molecular flexibility index (Phi) is 5.18. The number of aryl methyl sites for hydroxylation is 1. The van der Waals surface area contributed by atoms with Crippen molar-refractivity contribution in [3.63, 3.8) is 0 Å². The molecule has 2 fully saturated rings. The zero-order valence-corrected chi connectivity index (χ0v) is 14.5. The topological polar surface area (TPSA) is 90.5 Å². The van der Waals surface area contributed by atoms with Gasteiger partial charge in [0, 0.05) is 17.4 Å². The van der Waals surface area contributed by atoms with E-state index in [1.165, 1.54) is 0 Å². The molecule has 0 bridgehead atoms. The van der Waals surface area contributed by atoms with Crippen molar-refractivity contribution in [2.45, 2.75) is 49.9 Å². The lowest BCUT2D eigenvalue weighted by Crippen LogP contribution is -2.36. The first-order chi connectivity index (χ1) is 11.5. The summed E-state index contributed by atoms with van der Waals surface area (Å²) in [5.74, 6) is 0.969. The number of rotatable bonds is 6. The molecule has 24 heavy (non-hydrogen) atoms. The van der Waals surface area contributed by atoms with Gasteiger partial charge in [0.05, 0.1) is 17.8 Å². The summed E-state index contributed by atoms with van der Waals surface area (Å²) in [6.07, 6.45) is 3.18. The number of urea groups is 1. The zero-order valence-electron chi connectivity index (χ0n) is 13.7.